The lowest BCUT2D eigenvalue weighted by Crippen LogP contribution is -2.45. The van der Waals surface area contributed by atoms with Crippen LogP contribution in [0, 0.1) is 17.2 Å². The van der Waals surface area contributed by atoms with E-state index in [1.807, 2.05) is 30.3 Å². The van der Waals surface area contributed by atoms with Gasteiger partial charge in [-0.2, -0.15) is 5.26 Å². The Kier molecular flexibility index (Phi) is 4.40. The molecule has 2 rings (SSSR count). The van der Waals surface area contributed by atoms with Crippen LogP contribution >= 0.6 is 0 Å². The molecule has 4 nitrogen and oxygen atoms in total. The molecule has 1 heterocycles. The van der Waals surface area contributed by atoms with Gasteiger partial charge >= 0.3 is 6.03 Å². The predicted molar refractivity (Wildman–Crippen MR) is 73.3 cm³/mol. The summed E-state index contributed by atoms with van der Waals surface area (Å²) in [7, 11) is 0. The number of carbonyl (C=O) groups excluding carboxylic acids is 1. The number of nitrogens with one attached hydrogen (secondary N) is 1. The highest BCUT2D eigenvalue weighted by atomic mass is 16.2. The lowest BCUT2D eigenvalue weighted by Gasteiger charge is -2.31. The van der Waals surface area contributed by atoms with E-state index in [2.05, 4.69) is 18.3 Å². The van der Waals surface area contributed by atoms with E-state index < -0.39 is 6.04 Å². The van der Waals surface area contributed by atoms with Crippen molar-refractivity contribution in [2.24, 2.45) is 5.92 Å². The molecule has 0 radical (unpaired) electrons. The van der Waals surface area contributed by atoms with E-state index in [0.29, 0.717) is 5.92 Å². The first-order valence-corrected chi connectivity index (χ1v) is 6.70. The van der Waals surface area contributed by atoms with Crippen LogP contribution in [0.15, 0.2) is 30.3 Å². The van der Waals surface area contributed by atoms with Crippen molar-refractivity contribution in [1.29, 1.82) is 5.26 Å². The van der Waals surface area contributed by atoms with Crippen LogP contribution in [-0.4, -0.2) is 24.0 Å². The third-order valence-electron chi connectivity index (χ3n) is 3.60. The van der Waals surface area contributed by atoms with Crippen LogP contribution in [-0.2, 0) is 0 Å². The number of hydrogen-bond donors (Lipinski definition) is 1. The van der Waals surface area contributed by atoms with Gasteiger partial charge in [0, 0.05) is 13.1 Å². The second-order valence-electron chi connectivity index (χ2n) is 5.09. The molecule has 1 N–H and O–H groups in total. The maximum atomic E-state index is 12.1. The smallest absolute Gasteiger partial charge is 0.318 e. The molecule has 1 aliphatic heterocycles. The number of rotatable bonds is 2. The summed E-state index contributed by atoms with van der Waals surface area (Å²) >= 11 is 0. The molecule has 1 aromatic carbocycles. The van der Waals surface area contributed by atoms with Crippen LogP contribution in [0.25, 0.3) is 0 Å². The van der Waals surface area contributed by atoms with Crippen LogP contribution in [0.5, 0.6) is 0 Å². The number of hydrogen-bond acceptors (Lipinski definition) is 2. The molecule has 1 atom stereocenters. The van der Waals surface area contributed by atoms with Crippen molar-refractivity contribution >= 4 is 6.03 Å². The zero-order valence-corrected chi connectivity index (χ0v) is 11.2. The van der Waals surface area contributed by atoms with Gasteiger partial charge in [-0.15, -0.1) is 0 Å². The Balaban J connectivity index is 1.96. The summed E-state index contributed by atoms with van der Waals surface area (Å²) in [4.78, 5) is 13.9. The number of piperidine rings is 1. The second kappa shape index (κ2) is 6.24. The van der Waals surface area contributed by atoms with E-state index in [9.17, 15) is 10.1 Å². The average molecular weight is 257 g/mol. The van der Waals surface area contributed by atoms with Gasteiger partial charge in [0.1, 0.15) is 6.04 Å². The molecule has 2 amide bonds. The minimum Gasteiger partial charge on any atom is -0.325 e. The highest BCUT2D eigenvalue weighted by molar-refractivity contribution is 5.75. The van der Waals surface area contributed by atoms with Crippen LogP contribution < -0.4 is 5.32 Å². The van der Waals surface area contributed by atoms with Crippen molar-refractivity contribution in [3.05, 3.63) is 35.9 Å². The SMILES string of the molecule is CC1CCN(C(=O)NC(C#N)c2ccccc2)CC1. The van der Waals surface area contributed by atoms with Crippen LogP contribution in [0.2, 0.25) is 0 Å². The van der Waals surface area contributed by atoms with Crippen molar-refractivity contribution in [2.75, 3.05) is 13.1 Å². The molecule has 1 fully saturated rings. The molecular weight excluding hydrogens is 238 g/mol. The van der Waals surface area contributed by atoms with Gasteiger partial charge in [0.25, 0.3) is 0 Å². The molecule has 100 valence electrons. The molecule has 1 saturated heterocycles. The maximum Gasteiger partial charge on any atom is 0.318 e. The normalized spacial score (nSPS) is 17.6. The highest BCUT2D eigenvalue weighted by Crippen LogP contribution is 2.17. The van der Waals surface area contributed by atoms with Gasteiger partial charge in [-0.05, 0) is 24.3 Å². The van der Waals surface area contributed by atoms with Crippen molar-refractivity contribution in [1.82, 2.24) is 10.2 Å². The minimum atomic E-state index is -0.576. The fourth-order valence-electron chi connectivity index (χ4n) is 2.26. The molecule has 1 aromatic rings. The zero-order chi connectivity index (χ0) is 13.7. The Morgan fingerprint density at radius 2 is 2.00 bits per heavy atom. The predicted octanol–water partition coefficient (Wildman–Crippen LogP) is 2.69. The Morgan fingerprint density at radius 3 is 2.58 bits per heavy atom. The Bertz CT molecular complexity index is 458. The summed E-state index contributed by atoms with van der Waals surface area (Å²) in [6.07, 6.45) is 2.08. The quantitative estimate of drug-likeness (QED) is 0.885. The molecule has 0 spiro atoms. The molecule has 19 heavy (non-hydrogen) atoms. The molecule has 0 bridgehead atoms. The van der Waals surface area contributed by atoms with E-state index in [4.69, 9.17) is 0 Å². The summed E-state index contributed by atoms with van der Waals surface area (Å²) < 4.78 is 0. The van der Waals surface area contributed by atoms with Gasteiger partial charge in [-0.1, -0.05) is 37.3 Å². The minimum absolute atomic E-state index is 0.137. The lowest BCUT2D eigenvalue weighted by molar-refractivity contribution is 0.172. The third-order valence-corrected chi connectivity index (χ3v) is 3.60. The van der Waals surface area contributed by atoms with Gasteiger partial charge in [-0.3, -0.25) is 0 Å². The summed E-state index contributed by atoms with van der Waals surface area (Å²) in [5.41, 5.74) is 0.823. The van der Waals surface area contributed by atoms with Crippen LogP contribution in [0.1, 0.15) is 31.4 Å². The average Bonchev–Trinajstić information content (AvgIpc) is 2.46. The first-order valence-electron chi connectivity index (χ1n) is 6.70. The van der Waals surface area contributed by atoms with Gasteiger partial charge in [0.15, 0.2) is 0 Å². The number of likely N-dealkylation sites (tertiary alicyclic amines) is 1. The number of nitriles is 1. The van der Waals surface area contributed by atoms with Crippen molar-refractivity contribution in [3.8, 4) is 6.07 Å². The number of urea groups is 1. The molecule has 1 unspecified atom stereocenters. The lowest BCUT2D eigenvalue weighted by atomic mass is 9.99. The van der Waals surface area contributed by atoms with E-state index in [0.717, 1.165) is 31.5 Å². The Labute approximate surface area is 114 Å². The van der Waals surface area contributed by atoms with E-state index in [1.54, 1.807) is 4.90 Å². The second-order valence-corrected chi connectivity index (χ2v) is 5.09. The number of amides is 2. The first kappa shape index (κ1) is 13.4. The fraction of sp³-hybridized carbons (Fsp3) is 0.467. The largest absolute Gasteiger partial charge is 0.325 e. The number of nitrogens with zero attached hydrogens (tertiary/aromatic N) is 2. The zero-order valence-electron chi connectivity index (χ0n) is 11.2. The number of carbonyl (C=O) groups is 1. The maximum absolute atomic E-state index is 12.1. The van der Waals surface area contributed by atoms with Gasteiger partial charge in [0.2, 0.25) is 0 Å². The molecule has 0 aliphatic carbocycles. The van der Waals surface area contributed by atoms with Crippen molar-refractivity contribution < 1.29 is 4.79 Å². The van der Waals surface area contributed by atoms with Crippen LogP contribution in [0.4, 0.5) is 4.79 Å². The van der Waals surface area contributed by atoms with Gasteiger partial charge in [0.05, 0.1) is 6.07 Å². The third kappa shape index (κ3) is 3.47. The molecular formula is C15H19N3O. The summed E-state index contributed by atoms with van der Waals surface area (Å²) in [5.74, 6) is 0.685. The fourth-order valence-corrected chi connectivity index (χ4v) is 2.26. The topological polar surface area (TPSA) is 56.1 Å². The molecule has 4 heteroatoms. The molecule has 1 aliphatic rings. The Hall–Kier alpha value is -2.02. The van der Waals surface area contributed by atoms with Crippen molar-refractivity contribution in [3.63, 3.8) is 0 Å². The van der Waals surface area contributed by atoms with Crippen molar-refractivity contribution in [2.45, 2.75) is 25.8 Å². The first-order chi connectivity index (χ1) is 9.20. The summed E-state index contributed by atoms with van der Waals surface area (Å²) in [6.45, 7) is 3.76. The summed E-state index contributed by atoms with van der Waals surface area (Å²) in [5, 5.41) is 12.0. The standard InChI is InChI=1S/C15H19N3O/c1-12-7-9-18(10-8-12)15(19)17-14(11-16)13-5-3-2-4-6-13/h2-6,12,14H,7-10H2,1H3,(H,17,19). The van der Waals surface area contributed by atoms with E-state index >= 15 is 0 Å². The Morgan fingerprint density at radius 1 is 1.37 bits per heavy atom. The van der Waals surface area contributed by atoms with E-state index in [1.165, 1.54) is 0 Å². The summed E-state index contributed by atoms with van der Waals surface area (Å²) in [6, 6.07) is 10.8. The van der Waals surface area contributed by atoms with Gasteiger partial charge in [-0.25, -0.2) is 4.79 Å². The van der Waals surface area contributed by atoms with E-state index in [-0.39, 0.29) is 6.03 Å². The highest BCUT2D eigenvalue weighted by Gasteiger charge is 2.22. The van der Waals surface area contributed by atoms with Crippen LogP contribution in [0.3, 0.4) is 0 Å². The monoisotopic (exact) mass is 257 g/mol. The van der Waals surface area contributed by atoms with Gasteiger partial charge < -0.3 is 10.2 Å². The molecule has 0 aromatic heterocycles. The molecule has 0 saturated carbocycles. The number of benzene rings is 1.